The van der Waals surface area contributed by atoms with Crippen molar-refractivity contribution >= 4 is 52.2 Å². The minimum absolute atomic E-state index is 0.247. The summed E-state index contributed by atoms with van der Waals surface area (Å²) in [7, 11) is 1.56. The van der Waals surface area contributed by atoms with Crippen molar-refractivity contribution in [1.82, 2.24) is 5.32 Å². The molecule has 1 heterocycles. The molecule has 3 aromatic carbocycles. The first-order valence-electron chi connectivity index (χ1n) is 9.51. The third-order valence-corrected chi connectivity index (χ3v) is 5.56. The van der Waals surface area contributed by atoms with Crippen molar-refractivity contribution < 1.29 is 19.1 Å². The Hall–Kier alpha value is -3.55. The monoisotopic (exact) mass is 464 g/mol. The number of halogens is 1. The number of amidine groups is 1. The fourth-order valence-corrected chi connectivity index (χ4v) is 3.79. The molecule has 1 N–H and O–H groups in total. The first kappa shape index (κ1) is 21.7. The number of hydrogen-bond acceptors (Lipinski definition) is 6. The van der Waals surface area contributed by atoms with E-state index in [2.05, 4.69) is 10.3 Å². The summed E-state index contributed by atoms with van der Waals surface area (Å²) in [4.78, 5) is 29.6. The van der Waals surface area contributed by atoms with Crippen molar-refractivity contribution in [3.63, 3.8) is 0 Å². The van der Waals surface area contributed by atoms with Crippen LogP contribution in [0.5, 0.6) is 11.5 Å². The highest BCUT2D eigenvalue weighted by Gasteiger charge is 2.23. The maximum atomic E-state index is 12.4. The van der Waals surface area contributed by atoms with Gasteiger partial charge in [-0.2, -0.15) is 0 Å². The Balaban J connectivity index is 1.47. The number of methoxy groups -OCH3 is 1. The van der Waals surface area contributed by atoms with E-state index < -0.39 is 5.97 Å². The Bertz CT molecular complexity index is 1220. The smallest absolute Gasteiger partial charge is 0.343 e. The van der Waals surface area contributed by atoms with Gasteiger partial charge in [-0.3, -0.25) is 4.79 Å². The van der Waals surface area contributed by atoms with E-state index in [-0.39, 0.29) is 5.91 Å². The van der Waals surface area contributed by atoms with Gasteiger partial charge >= 0.3 is 5.97 Å². The SMILES string of the molecule is COc1ccc(C(=O)Oc2cccc(/C=C3\SC(=Nc4ccc(Cl)cc4)NC3=O)c2)cc1. The van der Waals surface area contributed by atoms with Gasteiger partial charge in [0.15, 0.2) is 5.17 Å². The quantitative estimate of drug-likeness (QED) is 0.308. The number of nitrogens with one attached hydrogen (secondary N) is 1. The second kappa shape index (κ2) is 9.72. The number of hydrogen-bond donors (Lipinski definition) is 1. The van der Waals surface area contributed by atoms with E-state index in [9.17, 15) is 9.59 Å². The Morgan fingerprint density at radius 3 is 2.50 bits per heavy atom. The number of thioether (sulfide) groups is 1. The molecule has 3 aromatic rings. The Kier molecular flexibility index (Phi) is 6.58. The Labute approximate surface area is 193 Å². The molecule has 1 fully saturated rings. The van der Waals surface area contributed by atoms with Gasteiger partial charge in [-0.1, -0.05) is 23.7 Å². The predicted molar refractivity (Wildman–Crippen MR) is 127 cm³/mol. The van der Waals surface area contributed by atoms with Crippen LogP contribution in [0, 0.1) is 0 Å². The number of ether oxygens (including phenoxy) is 2. The van der Waals surface area contributed by atoms with Gasteiger partial charge in [-0.05, 0) is 84.1 Å². The molecule has 0 saturated carbocycles. The predicted octanol–water partition coefficient (Wildman–Crippen LogP) is 5.46. The fraction of sp³-hybridized carbons (Fsp3) is 0.0417. The maximum Gasteiger partial charge on any atom is 0.343 e. The van der Waals surface area contributed by atoms with Gasteiger partial charge in [0.05, 0.1) is 23.3 Å². The first-order valence-corrected chi connectivity index (χ1v) is 10.7. The normalized spacial score (nSPS) is 15.6. The van der Waals surface area contributed by atoms with Gasteiger partial charge in [0.2, 0.25) is 0 Å². The first-order chi connectivity index (χ1) is 15.5. The number of benzene rings is 3. The average molecular weight is 465 g/mol. The molecular weight excluding hydrogens is 448 g/mol. The molecule has 6 nitrogen and oxygen atoms in total. The van der Waals surface area contributed by atoms with E-state index in [0.717, 1.165) is 5.56 Å². The van der Waals surface area contributed by atoms with E-state index >= 15 is 0 Å². The highest BCUT2D eigenvalue weighted by molar-refractivity contribution is 8.18. The van der Waals surface area contributed by atoms with Crippen LogP contribution in [0.4, 0.5) is 5.69 Å². The van der Waals surface area contributed by atoms with Crippen LogP contribution in [-0.2, 0) is 4.79 Å². The van der Waals surface area contributed by atoms with E-state index in [1.165, 1.54) is 11.8 Å². The molecule has 1 amide bonds. The fourth-order valence-electron chi connectivity index (χ4n) is 2.83. The molecule has 1 saturated heterocycles. The molecule has 0 atom stereocenters. The van der Waals surface area contributed by atoms with E-state index in [0.29, 0.717) is 37.8 Å². The van der Waals surface area contributed by atoms with Gasteiger partial charge in [0.1, 0.15) is 11.5 Å². The van der Waals surface area contributed by atoms with Crippen LogP contribution in [0.3, 0.4) is 0 Å². The number of carbonyl (C=O) groups excluding carboxylic acids is 2. The van der Waals surface area contributed by atoms with Crippen LogP contribution in [-0.4, -0.2) is 24.2 Å². The lowest BCUT2D eigenvalue weighted by atomic mass is 10.2. The number of rotatable bonds is 5. The second-order valence-corrected chi connectivity index (χ2v) is 8.12. The molecule has 4 rings (SSSR count). The van der Waals surface area contributed by atoms with Crippen LogP contribution in [0.25, 0.3) is 6.08 Å². The number of carbonyl (C=O) groups is 2. The molecule has 0 aromatic heterocycles. The Morgan fingerprint density at radius 2 is 1.78 bits per heavy atom. The zero-order chi connectivity index (χ0) is 22.5. The summed E-state index contributed by atoms with van der Waals surface area (Å²) in [5, 5.41) is 3.84. The third-order valence-electron chi connectivity index (χ3n) is 4.40. The molecule has 1 aliphatic rings. The van der Waals surface area contributed by atoms with Gasteiger partial charge in [-0.25, -0.2) is 9.79 Å². The van der Waals surface area contributed by atoms with Crippen LogP contribution < -0.4 is 14.8 Å². The zero-order valence-corrected chi connectivity index (χ0v) is 18.4. The molecule has 0 radical (unpaired) electrons. The van der Waals surface area contributed by atoms with Gasteiger partial charge in [0.25, 0.3) is 5.91 Å². The maximum absolute atomic E-state index is 12.4. The minimum Gasteiger partial charge on any atom is -0.497 e. The van der Waals surface area contributed by atoms with Crippen LogP contribution in [0.2, 0.25) is 5.02 Å². The molecule has 0 spiro atoms. The van der Waals surface area contributed by atoms with E-state index in [1.807, 2.05) is 6.07 Å². The molecule has 8 heteroatoms. The summed E-state index contributed by atoms with van der Waals surface area (Å²) in [6.45, 7) is 0. The van der Waals surface area contributed by atoms with Crippen LogP contribution in [0.15, 0.2) is 82.7 Å². The number of esters is 1. The van der Waals surface area contributed by atoms with Crippen molar-refractivity contribution in [2.75, 3.05) is 7.11 Å². The summed E-state index contributed by atoms with van der Waals surface area (Å²) in [6, 6.07) is 20.6. The van der Waals surface area contributed by atoms with Gasteiger partial charge < -0.3 is 14.8 Å². The highest BCUT2D eigenvalue weighted by atomic mass is 35.5. The summed E-state index contributed by atoms with van der Waals surface area (Å²) in [5.41, 5.74) is 1.81. The van der Waals surface area contributed by atoms with Crippen molar-refractivity contribution in [3.8, 4) is 11.5 Å². The zero-order valence-electron chi connectivity index (χ0n) is 16.9. The van der Waals surface area contributed by atoms with E-state index in [1.54, 1.807) is 79.9 Å². The van der Waals surface area contributed by atoms with Crippen molar-refractivity contribution in [3.05, 3.63) is 93.9 Å². The number of nitrogens with zero attached hydrogens (tertiary/aromatic N) is 1. The topological polar surface area (TPSA) is 77.0 Å². The van der Waals surface area contributed by atoms with Crippen molar-refractivity contribution in [2.24, 2.45) is 4.99 Å². The summed E-state index contributed by atoms with van der Waals surface area (Å²) < 4.78 is 10.6. The van der Waals surface area contributed by atoms with Gasteiger partial charge in [-0.15, -0.1) is 0 Å². The summed E-state index contributed by atoms with van der Waals surface area (Å²) in [6.07, 6.45) is 1.72. The summed E-state index contributed by atoms with van der Waals surface area (Å²) in [5.74, 6) is 0.297. The Morgan fingerprint density at radius 1 is 1.03 bits per heavy atom. The largest absolute Gasteiger partial charge is 0.497 e. The molecule has 1 aliphatic heterocycles. The molecule has 160 valence electrons. The van der Waals surface area contributed by atoms with Crippen LogP contribution in [0.1, 0.15) is 15.9 Å². The third kappa shape index (κ3) is 5.38. The minimum atomic E-state index is -0.483. The number of amides is 1. The molecule has 0 aliphatic carbocycles. The lowest BCUT2D eigenvalue weighted by Crippen LogP contribution is -2.19. The standard InChI is InChI=1S/C24H17ClN2O4S/c1-30-19-11-5-16(6-12-19)23(29)31-20-4-2-3-15(13-20)14-21-22(28)27-24(32-21)26-18-9-7-17(25)8-10-18/h2-14H,1H3,(H,26,27,28)/b21-14-. The van der Waals surface area contributed by atoms with Crippen molar-refractivity contribution in [1.29, 1.82) is 0 Å². The van der Waals surface area contributed by atoms with Crippen molar-refractivity contribution in [2.45, 2.75) is 0 Å². The average Bonchev–Trinajstić information content (AvgIpc) is 3.14. The van der Waals surface area contributed by atoms with Crippen LogP contribution >= 0.6 is 23.4 Å². The highest BCUT2D eigenvalue weighted by Crippen LogP contribution is 2.29. The molecule has 32 heavy (non-hydrogen) atoms. The lowest BCUT2D eigenvalue weighted by Gasteiger charge is -2.06. The molecular formula is C24H17ClN2O4S. The molecule has 0 unspecified atom stereocenters. The lowest BCUT2D eigenvalue weighted by molar-refractivity contribution is -0.115. The summed E-state index contributed by atoms with van der Waals surface area (Å²) >= 11 is 7.12. The van der Waals surface area contributed by atoms with E-state index in [4.69, 9.17) is 21.1 Å². The number of aliphatic imine (C=N–C) groups is 1. The second-order valence-electron chi connectivity index (χ2n) is 6.65. The van der Waals surface area contributed by atoms with Gasteiger partial charge in [0, 0.05) is 5.02 Å². The molecule has 0 bridgehead atoms.